The molecule has 0 heterocycles. The van der Waals surface area contributed by atoms with Gasteiger partial charge in [0.1, 0.15) is 6.54 Å². The van der Waals surface area contributed by atoms with E-state index in [4.69, 9.17) is 0 Å². The van der Waals surface area contributed by atoms with E-state index in [-0.39, 0.29) is 18.4 Å². The molecule has 1 N–H and O–H groups in total. The van der Waals surface area contributed by atoms with Crippen molar-refractivity contribution in [1.82, 2.24) is 4.90 Å². The second-order valence-electron chi connectivity index (χ2n) is 6.37. The molecule has 136 valence electrons. The molecule has 2 aromatic rings. The van der Waals surface area contributed by atoms with Crippen LogP contribution in [-0.2, 0) is 9.59 Å². The molecule has 0 unspecified atom stereocenters. The third kappa shape index (κ3) is 5.88. The summed E-state index contributed by atoms with van der Waals surface area (Å²) in [6, 6.07) is 15.5. The third-order valence-corrected chi connectivity index (χ3v) is 4.05. The van der Waals surface area contributed by atoms with Crippen LogP contribution in [-0.4, -0.2) is 29.8 Å². The average molecular weight is 350 g/mol. The van der Waals surface area contributed by atoms with E-state index in [2.05, 4.69) is 5.32 Å². The Kier molecular flexibility index (Phi) is 7.15. The Morgan fingerprint density at radius 3 is 2.38 bits per heavy atom. The number of benzene rings is 2. The first kappa shape index (κ1) is 19.4. The van der Waals surface area contributed by atoms with Gasteiger partial charge in [-0.3, -0.25) is 9.59 Å². The lowest BCUT2D eigenvalue weighted by molar-refractivity contribution is -0.130. The molecule has 0 saturated carbocycles. The summed E-state index contributed by atoms with van der Waals surface area (Å²) < 4.78 is 0. The summed E-state index contributed by atoms with van der Waals surface area (Å²) in [6.07, 6.45) is 4.10. The van der Waals surface area contributed by atoms with Crippen molar-refractivity contribution in [2.24, 2.45) is 0 Å². The van der Waals surface area contributed by atoms with Crippen LogP contribution in [0, 0.1) is 13.8 Å². The summed E-state index contributed by atoms with van der Waals surface area (Å²) in [5.41, 5.74) is 3.91. The van der Waals surface area contributed by atoms with Gasteiger partial charge >= 0.3 is 0 Å². The molecular weight excluding hydrogens is 324 g/mol. The Balaban J connectivity index is 2.00. The van der Waals surface area contributed by atoms with Crippen LogP contribution in [0.25, 0.3) is 6.08 Å². The number of carbonyl (C=O) groups is 2. The number of nitrogens with one attached hydrogen (secondary N) is 1. The second-order valence-corrected chi connectivity index (χ2v) is 6.37. The summed E-state index contributed by atoms with van der Waals surface area (Å²) in [5, 5.41) is 2.88. The monoisotopic (exact) mass is 350 g/mol. The molecule has 0 bridgehead atoms. The molecule has 4 nitrogen and oxygen atoms in total. The van der Waals surface area contributed by atoms with Gasteiger partial charge in [0.15, 0.2) is 0 Å². The summed E-state index contributed by atoms with van der Waals surface area (Å²) in [6.45, 7) is 6.53. The number of amides is 2. The van der Waals surface area contributed by atoms with E-state index in [1.54, 1.807) is 11.0 Å². The van der Waals surface area contributed by atoms with Crippen LogP contribution in [0.5, 0.6) is 0 Å². The number of nitrogens with zero attached hydrogens (tertiary/aromatic N) is 1. The molecule has 2 aromatic carbocycles. The van der Waals surface area contributed by atoms with Gasteiger partial charge in [-0.15, -0.1) is 0 Å². The highest BCUT2D eigenvalue weighted by molar-refractivity contribution is 5.98. The average Bonchev–Trinajstić information content (AvgIpc) is 2.62. The number of para-hydroxylation sites is 1. The lowest BCUT2D eigenvalue weighted by Gasteiger charge is -2.20. The minimum atomic E-state index is -0.190. The molecule has 2 rings (SSSR count). The number of rotatable bonds is 7. The minimum absolute atomic E-state index is 0.0409. The molecule has 0 aliphatic carbocycles. The quantitative estimate of drug-likeness (QED) is 0.761. The molecule has 2 amide bonds. The zero-order valence-electron chi connectivity index (χ0n) is 15.7. The minimum Gasteiger partial charge on any atom is -0.330 e. The van der Waals surface area contributed by atoms with Gasteiger partial charge in [-0.2, -0.15) is 0 Å². The molecule has 0 radical (unpaired) electrons. The molecular formula is C22H26N2O2. The van der Waals surface area contributed by atoms with Gasteiger partial charge < -0.3 is 10.2 Å². The van der Waals surface area contributed by atoms with Crippen LogP contribution < -0.4 is 5.32 Å². The van der Waals surface area contributed by atoms with Crippen molar-refractivity contribution < 1.29 is 9.59 Å². The van der Waals surface area contributed by atoms with Gasteiger partial charge in [0.25, 0.3) is 0 Å². The predicted octanol–water partition coefficient (Wildman–Crippen LogP) is 4.19. The van der Waals surface area contributed by atoms with Gasteiger partial charge in [0.05, 0.1) is 0 Å². The highest BCUT2D eigenvalue weighted by Crippen LogP contribution is 2.13. The largest absolute Gasteiger partial charge is 0.330 e. The number of carbonyl (C=O) groups excluding carboxylic acids is 2. The first-order chi connectivity index (χ1) is 12.5. The van der Waals surface area contributed by atoms with Crippen LogP contribution in [0.2, 0.25) is 0 Å². The Morgan fingerprint density at radius 2 is 1.73 bits per heavy atom. The second kappa shape index (κ2) is 9.56. The van der Waals surface area contributed by atoms with Gasteiger partial charge in [-0.1, -0.05) is 55.0 Å². The van der Waals surface area contributed by atoms with Crippen molar-refractivity contribution >= 4 is 23.6 Å². The van der Waals surface area contributed by atoms with E-state index in [9.17, 15) is 9.59 Å². The summed E-state index contributed by atoms with van der Waals surface area (Å²) in [7, 11) is 0. The van der Waals surface area contributed by atoms with Crippen molar-refractivity contribution in [2.75, 3.05) is 18.4 Å². The topological polar surface area (TPSA) is 49.4 Å². The van der Waals surface area contributed by atoms with Crippen LogP contribution in [0.1, 0.15) is 30.0 Å². The maximum atomic E-state index is 12.5. The van der Waals surface area contributed by atoms with Gasteiger partial charge in [0, 0.05) is 18.3 Å². The summed E-state index contributed by atoms with van der Waals surface area (Å²) in [4.78, 5) is 26.4. The van der Waals surface area contributed by atoms with Crippen LogP contribution in [0.15, 0.2) is 54.6 Å². The third-order valence-electron chi connectivity index (χ3n) is 4.05. The number of anilines is 1. The SMILES string of the molecule is CCCN(CC(=O)Nc1ccccc1C)C(=O)/C=C/c1ccc(C)cc1. The normalized spacial score (nSPS) is 10.7. The highest BCUT2D eigenvalue weighted by atomic mass is 16.2. The smallest absolute Gasteiger partial charge is 0.247 e. The number of hydrogen-bond donors (Lipinski definition) is 1. The fourth-order valence-electron chi connectivity index (χ4n) is 2.56. The number of hydrogen-bond acceptors (Lipinski definition) is 2. The molecule has 0 aromatic heterocycles. The summed E-state index contributed by atoms with van der Waals surface area (Å²) in [5.74, 6) is -0.350. The van der Waals surface area contributed by atoms with Gasteiger partial charge in [-0.25, -0.2) is 0 Å². The molecule has 0 aliphatic heterocycles. The molecule has 0 fully saturated rings. The van der Waals surface area contributed by atoms with Crippen LogP contribution in [0.3, 0.4) is 0 Å². The highest BCUT2D eigenvalue weighted by Gasteiger charge is 2.14. The van der Waals surface area contributed by atoms with E-state index >= 15 is 0 Å². The van der Waals surface area contributed by atoms with E-state index < -0.39 is 0 Å². The molecule has 0 atom stereocenters. The van der Waals surface area contributed by atoms with E-state index in [0.717, 1.165) is 23.2 Å². The van der Waals surface area contributed by atoms with Gasteiger partial charge in [-0.05, 0) is 43.5 Å². The first-order valence-corrected chi connectivity index (χ1v) is 8.88. The zero-order chi connectivity index (χ0) is 18.9. The molecule has 0 spiro atoms. The molecule has 26 heavy (non-hydrogen) atoms. The maximum Gasteiger partial charge on any atom is 0.247 e. The Hall–Kier alpha value is -2.88. The lowest BCUT2D eigenvalue weighted by Crippen LogP contribution is -2.37. The molecule has 4 heteroatoms. The van der Waals surface area contributed by atoms with Crippen LogP contribution >= 0.6 is 0 Å². The van der Waals surface area contributed by atoms with Crippen molar-refractivity contribution in [1.29, 1.82) is 0 Å². The van der Waals surface area contributed by atoms with Crippen LogP contribution in [0.4, 0.5) is 5.69 Å². The Labute approximate surface area is 155 Å². The van der Waals surface area contributed by atoms with Crippen molar-refractivity contribution in [3.63, 3.8) is 0 Å². The zero-order valence-corrected chi connectivity index (χ0v) is 15.7. The molecule has 0 saturated heterocycles. The van der Waals surface area contributed by atoms with E-state index in [1.807, 2.05) is 69.3 Å². The fraction of sp³-hybridized carbons (Fsp3) is 0.273. The van der Waals surface area contributed by atoms with Crippen molar-refractivity contribution in [3.8, 4) is 0 Å². The maximum absolute atomic E-state index is 12.5. The van der Waals surface area contributed by atoms with E-state index in [1.165, 1.54) is 11.6 Å². The Bertz CT molecular complexity index is 779. The number of aryl methyl sites for hydroxylation is 2. The lowest BCUT2D eigenvalue weighted by atomic mass is 10.1. The van der Waals surface area contributed by atoms with Gasteiger partial charge in [0.2, 0.25) is 11.8 Å². The fourth-order valence-corrected chi connectivity index (χ4v) is 2.56. The van der Waals surface area contributed by atoms with Crippen molar-refractivity contribution in [2.45, 2.75) is 27.2 Å². The summed E-state index contributed by atoms with van der Waals surface area (Å²) >= 11 is 0. The molecule has 0 aliphatic rings. The first-order valence-electron chi connectivity index (χ1n) is 8.88. The Morgan fingerprint density at radius 1 is 1.04 bits per heavy atom. The predicted molar refractivity (Wildman–Crippen MR) is 107 cm³/mol. The van der Waals surface area contributed by atoms with E-state index in [0.29, 0.717) is 6.54 Å². The van der Waals surface area contributed by atoms with Crippen molar-refractivity contribution in [3.05, 3.63) is 71.3 Å². The standard InChI is InChI=1S/C22H26N2O2/c1-4-15-24(16-21(25)23-20-8-6-5-7-18(20)3)22(26)14-13-19-11-9-17(2)10-12-19/h5-14H,4,15-16H2,1-3H3,(H,23,25)/b14-13+.